The maximum absolute atomic E-state index is 12.0. The molecule has 0 unspecified atom stereocenters. The first-order valence-electron chi connectivity index (χ1n) is 5.95. The summed E-state index contributed by atoms with van der Waals surface area (Å²) in [6, 6.07) is 5.98. The van der Waals surface area contributed by atoms with E-state index >= 15 is 0 Å². The molecule has 0 radical (unpaired) electrons. The van der Waals surface area contributed by atoms with Crippen LogP contribution in [-0.4, -0.2) is 28.9 Å². The number of halogens is 2. The predicted molar refractivity (Wildman–Crippen MR) is 72.3 cm³/mol. The number of alkyl halides is 2. The van der Waals surface area contributed by atoms with E-state index in [0.717, 1.165) is 0 Å². The van der Waals surface area contributed by atoms with Crippen molar-refractivity contribution in [2.75, 3.05) is 17.7 Å². The van der Waals surface area contributed by atoms with Crippen molar-refractivity contribution in [3.8, 4) is 5.75 Å². The van der Waals surface area contributed by atoms with E-state index in [1.165, 1.54) is 36.7 Å². The number of hydrogen-bond acceptors (Lipinski definition) is 5. The lowest BCUT2D eigenvalue weighted by molar-refractivity contribution is 0.0819. The summed E-state index contributed by atoms with van der Waals surface area (Å²) in [5, 5.41) is 2.57. The largest absolute Gasteiger partial charge is 0.488 e. The lowest BCUT2D eigenvalue weighted by Crippen LogP contribution is -2.16. The van der Waals surface area contributed by atoms with Crippen LogP contribution in [0, 0.1) is 0 Å². The van der Waals surface area contributed by atoms with Gasteiger partial charge in [-0.1, -0.05) is 0 Å². The molecule has 110 valence electrons. The minimum Gasteiger partial charge on any atom is -0.488 e. The number of amides is 1. The van der Waals surface area contributed by atoms with Gasteiger partial charge in [0.2, 0.25) is 0 Å². The summed E-state index contributed by atoms with van der Waals surface area (Å²) in [6.07, 6.45) is 0.192. The number of anilines is 2. The number of carbonyl (C=O) groups excluding carboxylic acids is 1. The second-order valence-electron chi connectivity index (χ2n) is 3.97. The van der Waals surface area contributed by atoms with E-state index in [1.807, 2.05) is 0 Å². The maximum Gasteiger partial charge on any atom is 0.278 e. The van der Waals surface area contributed by atoms with Gasteiger partial charge in [0.15, 0.2) is 11.5 Å². The number of aromatic nitrogens is 2. The van der Waals surface area contributed by atoms with E-state index in [2.05, 4.69) is 15.3 Å². The van der Waals surface area contributed by atoms with Gasteiger partial charge in [-0.25, -0.2) is 18.7 Å². The number of rotatable bonds is 5. The standard InChI is InChI=1S/C13H12F2N4O2/c14-10(15)7-21-9-3-1-8(2-4-9)19-13(20)11-12(16)18-6-5-17-11/h1-6,10H,7H2,(H2,16,18)(H,19,20). The molecule has 21 heavy (non-hydrogen) atoms. The summed E-state index contributed by atoms with van der Waals surface area (Å²) >= 11 is 0. The summed E-state index contributed by atoms with van der Waals surface area (Å²) in [6.45, 7) is -0.679. The van der Waals surface area contributed by atoms with Crippen LogP contribution in [0.2, 0.25) is 0 Å². The molecule has 1 aromatic heterocycles. The molecule has 0 spiro atoms. The highest BCUT2D eigenvalue weighted by molar-refractivity contribution is 6.05. The van der Waals surface area contributed by atoms with Crippen molar-refractivity contribution in [2.45, 2.75) is 6.43 Å². The zero-order chi connectivity index (χ0) is 15.2. The number of hydrogen-bond donors (Lipinski definition) is 2. The van der Waals surface area contributed by atoms with Crippen LogP contribution in [0.1, 0.15) is 10.5 Å². The number of nitrogens with zero attached hydrogens (tertiary/aromatic N) is 2. The zero-order valence-electron chi connectivity index (χ0n) is 10.8. The molecule has 0 saturated carbocycles. The fourth-order valence-corrected chi connectivity index (χ4v) is 1.51. The van der Waals surface area contributed by atoms with Crippen molar-refractivity contribution < 1.29 is 18.3 Å². The predicted octanol–water partition coefficient (Wildman–Crippen LogP) is 1.95. The summed E-state index contributed by atoms with van der Waals surface area (Å²) in [5.74, 6) is -0.207. The Labute approximate surface area is 119 Å². The first-order chi connectivity index (χ1) is 10.1. The van der Waals surface area contributed by atoms with Crippen molar-refractivity contribution in [3.05, 3.63) is 42.4 Å². The first kappa shape index (κ1) is 14.6. The minimum absolute atomic E-state index is 0.00975. The molecule has 0 aliphatic heterocycles. The lowest BCUT2D eigenvalue weighted by atomic mass is 10.3. The molecule has 8 heteroatoms. The van der Waals surface area contributed by atoms with Crippen LogP contribution in [0.3, 0.4) is 0 Å². The second kappa shape index (κ2) is 6.60. The highest BCUT2D eigenvalue weighted by Gasteiger charge is 2.12. The van der Waals surface area contributed by atoms with Crippen LogP contribution in [0.15, 0.2) is 36.7 Å². The van der Waals surface area contributed by atoms with Crippen LogP contribution in [-0.2, 0) is 0 Å². The summed E-state index contributed by atoms with van der Waals surface area (Å²) in [5.41, 5.74) is 6.00. The molecular weight excluding hydrogens is 282 g/mol. The van der Waals surface area contributed by atoms with E-state index in [1.54, 1.807) is 0 Å². The highest BCUT2D eigenvalue weighted by atomic mass is 19.3. The van der Waals surface area contributed by atoms with E-state index in [9.17, 15) is 13.6 Å². The molecule has 1 aromatic carbocycles. The van der Waals surface area contributed by atoms with Crippen molar-refractivity contribution in [1.82, 2.24) is 9.97 Å². The average molecular weight is 294 g/mol. The van der Waals surface area contributed by atoms with Gasteiger partial charge in [0, 0.05) is 18.1 Å². The van der Waals surface area contributed by atoms with E-state index in [4.69, 9.17) is 10.5 Å². The number of nitrogens with one attached hydrogen (secondary N) is 1. The van der Waals surface area contributed by atoms with Crippen molar-refractivity contribution in [1.29, 1.82) is 0 Å². The van der Waals surface area contributed by atoms with Crippen molar-refractivity contribution in [3.63, 3.8) is 0 Å². The van der Waals surface area contributed by atoms with Gasteiger partial charge in [0.05, 0.1) is 0 Å². The molecule has 0 aliphatic rings. The topological polar surface area (TPSA) is 90.1 Å². The number of carbonyl (C=O) groups is 1. The van der Waals surface area contributed by atoms with E-state index in [0.29, 0.717) is 5.69 Å². The van der Waals surface area contributed by atoms with Crippen LogP contribution in [0.25, 0.3) is 0 Å². The molecule has 2 aromatic rings. The Kier molecular flexibility index (Phi) is 4.60. The molecular formula is C13H12F2N4O2. The van der Waals surface area contributed by atoms with Crippen LogP contribution >= 0.6 is 0 Å². The van der Waals surface area contributed by atoms with Gasteiger partial charge in [-0.2, -0.15) is 0 Å². The van der Waals surface area contributed by atoms with E-state index < -0.39 is 18.9 Å². The normalized spacial score (nSPS) is 10.4. The Hall–Kier alpha value is -2.77. The minimum atomic E-state index is -2.54. The second-order valence-corrected chi connectivity index (χ2v) is 3.97. The van der Waals surface area contributed by atoms with Gasteiger partial charge in [-0.3, -0.25) is 4.79 Å². The Bertz CT molecular complexity index is 620. The summed E-state index contributed by atoms with van der Waals surface area (Å²) in [7, 11) is 0. The molecule has 0 atom stereocenters. The Morgan fingerprint density at radius 3 is 2.52 bits per heavy atom. The quantitative estimate of drug-likeness (QED) is 0.879. The van der Waals surface area contributed by atoms with Crippen molar-refractivity contribution in [2.24, 2.45) is 0 Å². The number of benzene rings is 1. The molecule has 3 N–H and O–H groups in total. The third kappa shape index (κ3) is 4.10. The van der Waals surface area contributed by atoms with Crippen molar-refractivity contribution >= 4 is 17.4 Å². The molecule has 0 aliphatic carbocycles. The Morgan fingerprint density at radius 2 is 1.90 bits per heavy atom. The SMILES string of the molecule is Nc1nccnc1C(=O)Nc1ccc(OCC(F)F)cc1. The third-order valence-electron chi connectivity index (χ3n) is 2.43. The van der Waals surface area contributed by atoms with Gasteiger partial charge in [0.1, 0.15) is 12.4 Å². The van der Waals surface area contributed by atoms with Crippen LogP contribution < -0.4 is 15.8 Å². The fraction of sp³-hybridized carbons (Fsp3) is 0.154. The summed E-state index contributed by atoms with van der Waals surface area (Å²) < 4.78 is 28.8. The van der Waals surface area contributed by atoms with Crippen LogP contribution in [0.4, 0.5) is 20.3 Å². The van der Waals surface area contributed by atoms with Crippen LogP contribution in [0.5, 0.6) is 5.75 Å². The van der Waals surface area contributed by atoms with Gasteiger partial charge >= 0.3 is 0 Å². The molecule has 0 fully saturated rings. The molecule has 0 bridgehead atoms. The van der Waals surface area contributed by atoms with E-state index in [-0.39, 0.29) is 17.3 Å². The maximum atomic E-state index is 12.0. The summed E-state index contributed by atoms with van der Waals surface area (Å²) in [4.78, 5) is 19.5. The smallest absolute Gasteiger partial charge is 0.278 e. The average Bonchev–Trinajstić information content (AvgIpc) is 2.47. The molecule has 0 saturated heterocycles. The zero-order valence-corrected chi connectivity index (χ0v) is 10.8. The monoisotopic (exact) mass is 294 g/mol. The third-order valence-corrected chi connectivity index (χ3v) is 2.43. The molecule has 6 nitrogen and oxygen atoms in total. The van der Waals surface area contributed by atoms with Gasteiger partial charge < -0.3 is 15.8 Å². The molecule has 1 heterocycles. The van der Waals surface area contributed by atoms with Gasteiger partial charge in [0.25, 0.3) is 12.3 Å². The van der Waals surface area contributed by atoms with Gasteiger partial charge in [-0.05, 0) is 24.3 Å². The Balaban J connectivity index is 2.00. The Morgan fingerprint density at radius 1 is 1.24 bits per heavy atom. The number of nitrogens with two attached hydrogens (primary N) is 1. The molecule has 2 rings (SSSR count). The fourth-order valence-electron chi connectivity index (χ4n) is 1.51. The lowest BCUT2D eigenvalue weighted by Gasteiger charge is -2.08. The number of ether oxygens (including phenoxy) is 1. The highest BCUT2D eigenvalue weighted by Crippen LogP contribution is 2.17. The number of nitrogen functional groups attached to an aromatic ring is 1. The first-order valence-corrected chi connectivity index (χ1v) is 5.95. The van der Waals surface area contributed by atoms with Gasteiger partial charge in [-0.15, -0.1) is 0 Å². The molecule has 1 amide bonds.